The lowest BCUT2D eigenvalue weighted by Gasteiger charge is -2.24. The molecule has 3 rings (SSSR count). The molecule has 11 heteroatoms. The number of benzene rings is 2. The number of amides is 1. The van der Waals surface area contributed by atoms with Crippen LogP contribution >= 0.6 is 45.7 Å². The van der Waals surface area contributed by atoms with Crippen molar-refractivity contribution in [3.05, 3.63) is 58.2 Å². The Hall–Kier alpha value is -1.70. The van der Waals surface area contributed by atoms with Crippen LogP contribution in [0.4, 0.5) is 10.8 Å². The van der Waals surface area contributed by atoms with E-state index in [1.54, 1.807) is 54.2 Å². The summed E-state index contributed by atoms with van der Waals surface area (Å²) in [4.78, 5) is 12.8. The monoisotopic (exact) mass is 588 g/mol. The molecule has 0 aliphatic heterocycles. The number of hydrogen-bond donors (Lipinski definition) is 1. The molecule has 2 aromatic carbocycles. The summed E-state index contributed by atoms with van der Waals surface area (Å²) < 4.78 is 29.4. The van der Waals surface area contributed by atoms with Gasteiger partial charge in [0.25, 0.3) is 10.0 Å². The van der Waals surface area contributed by atoms with Gasteiger partial charge in [0, 0.05) is 9.32 Å². The van der Waals surface area contributed by atoms with Crippen LogP contribution in [0.15, 0.2) is 63.8 Å². The molecule has 0 bridgehead atoms. The zero-order valence-electron chi connectivity index (χ0n) is 16.9. The van der Waals surface area contributed by atoms with Gasteiger partial charge in [0.1, 0.15) is 6.54 Å². The molecular weight excluding hydrogens is 567 g/mol. The Morgan fingerprint density at radius 1 is 1.13 bits per heavy atom. The van der Waals surface area contributed by atoms with Gasteiger partial charge in [-0.15, -0.1) is 10.2 Å². The Morgan fingerprint density at radius 2 is 1.81 bits per heavy atom. The van der Waals surface area contributed by atoms with Crippen molar-refractivity contribution in [3.63, 3.8) is 0 Å². The second-order valence-corrected chi connectivity index (χ2v) is 12.3. The van der Waals surface area contributed by atoms with Crippen molar-refractivity contribution in [3.8, 4) is 0 Å². The molecule has 0 aliphatic carbocycles. The molecule has 1 heterocycles. The molecule has 0 aliphatic rings. The number of halogens is 1. The minimum absolute atomic E-state index is 0.115. The lowest BCUT2D eigenvalue weighted by atomic mass is 10.3. The van der Waals surface area contributed by atoms with Crippen molar-refractivity contribution in [2.24, 2.45) is 5.92 Å². The Kier molecular flexibility index (Phi) is 8.30. The van der Waals surface area contributed by atoms with Crippen molar-refractivity contribution >= 4 is 72.4 Å². The first kappa shape index (κ1) is 24.0. The normalized spacial score (nSPS) is 11.5. The van der Waals surface area contributed by atoms with Gasteiger partial charge in [0.05, 0.1) is 10.6 Å². The summed E-state index contributed by atoms with van der Waals surface area (Å²) in [7, 11) is -3.93. The molecule has 3 aromatic rings. The third kappa shape index (κ3) is 6.64. The van der Waals surface area contributed by atoms with E-state index in [9.17, 15) is 13.2 Å². The van der Waals surface area contributed by atoms with Gasteiger partial charge in [-0.25, -0.2) is 8.42 Å². The summed E-state index contributed by atoms with van der Waals surface area (Å²) in [5, 5.41) is 11.1. The van der Waals surface area contributed by atoms with Crippen LogP contribution in [0.1, 0.15) is 13.8 Å². The molecule has 0 spiro atoms. The summed E-state index contributed by atoms with van der Waals surface area (Å²) in [6.07, 6.45) is 0. The Labute approximate surface area is 203 Å². The van der Waals surface area contributed by atoms with Gasteiger partial charge in [-0.1, -0.05) is 55.1 Å². The fraction of sp³-hybridized carbons (Fsp3) is 0.250. The van der Waals surface area contributed by atoms with Crippen LogP contribution in [-0.4, -0.2) is 36.8 Å². The van der Waals surface area contributed by atoms with Crippen LogP contribution in [0, 0.1) is 9.49 Å². The van der Waals surface area contributed by atoms with Crippen molar-refractivity contribution in [2.45, 2.75) is 23.1 Å². The number of sulfonamides is 1. The van der Waals surface area contributed by atoms with Crippen LogP contribution in [0.3, 0.4) is 0 Å². The molecular formula is C20H21IN4O3S3. The van der Waals surface area contributed by atoms with Gasteiger partial charge in [0.15, 0.2) is 4.34 Å². The number of rotatable bonds is 9. The van der Waals surface area contributed by atoms with Crippen molar-refractivity contribution < 1.29 is 13.2 Å². The van der Waals surface area contributed by atoms with Crippen molar-refractivity contribution in [1.29, 1.82) is 0 Å². The number of aromatic nitrogens is 2. The maximum absolute atomic E-state index is 13.3. The molecule has 7 nitrogen and oxygen atoms in total. The second-order valence-electron chi connectivity index (χ2n) is 6.93. The quantitative estimate of drug-likeness (QED) is 0.221. The number of thioether (sulfide) groups is 1. The first-order valence-corrected chi connectivity index (χ1v) is 13.7. The Morgan fingerprint density at radius 3 is 2.45 bits per heavy atom. The van der Waals surface area contributed by atoms with Gasteiger partial charge >= 0.3 is 0 Å². The Bertz CT molecular complexity index is 1120. The first-order valence-electron chi connectivity index (χ1n) is 9.35. The van der Waals surface area contributed by atoms with Gasteiger partial charge < -0.3 is 0 Å². The zero-order chi connectivity index (χ0) is 22.4. The minimum atomic E-state index is -3.93. The van der Waals surface area contributed by atoms with Gasteiger partial charge in [-0.3, -0.25) is 14.4 Å². The van der Waals surface area contributed by atoms with Gasteiger partial charge in [-0.05, 0) is 64.9 Å². The molecule has 1 amide bonds. The molecule has 1 N–H and O–H groups in total. The fourth-order valence-electron chi connectivity index (χ4n) is 2.49. The van der Waals surface area contributed by atoms with Crippen LogP contribution in [0.5, 0.6) is 0 Å². The number of nitrogens with one attached hydrogen (secondary N) is 1. The number of carbonyl (C=O) groups is 1. The molecule has 0 saturated heterocycles. The molecule has 0 saturated carbocycles. The van der Waals surface area contributed by atoms with E-state index in [-0.39, 0.29) is 11.4 Å². The lowest BCUT2D eigenvalue weighted by Crippen LogP contribution is -2.38. The highest BCUT2D eigenvalue weighted by atomic mass is 127. The molecule has 1 aromatic heterocycles. The lowest BCUT2D eigenvalue weighted by molar-refractivity contribution is -0.114. The van der Waals surface area contributed by atoms with E-state index in [4.69, 9.17) is 0 Å². The molecule has 0 atom stereocenters. The number of nitrogens with zero attached hydrogens (tertiary/aromatic N) is 3. The number of anilines is 2. The smallest absolute Gasteiger partial charge is 0.264 e. The van der Waals surface area contributed by atoms with Crippen LogP contribution in [0.25, 0.3) is 0 Å². The van der Waals surface area contributed by atoms with E-state index >= 15 is 0 Å². The van der Waals surface area contributed by atoms with Gasteiger partial charge in [0.2, 0.25) is 11.0 Å². The zero-order valence-corrected chi connectivity index (χ0v) is 21.5. The Balaban J connectivity index is 1.80. The van der Waals surface area contributed by atoms with Crippen LogP contribution in [-0.2, 0) is 14.8 Å². The predicted molar refractivity (Wildman–Crippen MR) is 134 cm³/mol. The maximum Gasteiger partial charge on any atom is 0.264 e. The minimum Gasteiger partial charge on any atom is -0.299 e. The van der Waals surface area contributed by atoms with E-state index in [1.807, 2.05) is 0 Å². The van der Waals surface area contributed by atoms with Crippen LogP contribution < -0.4 is 9.62 Å². The fourth-order valence-corrected chi connectivity index (χ4v) is 6.03. The van der Waals surface area contributed by atoms with Crippen LogP contribution in [0.2, 0.25) is 0 Å². The summed E-state index contributed by atoms with van der Waals surface area (Å²) in [6, 6.07) is 15.0. The van der Waals surface area contributed by atoms with E-state index in [2.05, 4.69) is 52.0 Å². The third-order valence-corrected chi connectivity index (χ3v) is 8.83. The highest BCUT2D eigenvalue weighted by molar-refractivity contribution is 14.1. The van der Waals surface area contributed by atoms with E-state index in [0.29, 0.717) is 16.7 Å². The molecule has 0 radical (unpaired) electrons. The first-order chi connectivity index (χ1) is 14.8. The van der Waals surface area contributed by atoms with E-state index in [0.717, 1.165) is 18.0 Å². The summed E-state index contributed by atoms with van der Waals surface area (Å²) >= 11 is 4.99. The topological polar surface area (TPSA) is 92.3 Å². The average molecular weight is 589 g/mol. The standard InChI is InChI=1S/C20H21IN4O3S3/c1-14(2)13-29-20-24-23-19(30-20)22-18(26)12-25(16-10-8-15(21)9-11-16)31(27,28)17-6-4-3-5-7-17/h3-11,14H,12-13H2,1-2H3,(H,22,23,26). The summed E-state index contributed by atoms with van der Waals surface area (Å²) in [5.41, 5.74) is 0.407. The third-order valence-electron chi connectivity index (χ3n) is 3.93. The van der Waals surface area contributed by atoms with E-state index in [1.165, 1.54) is 23.5 Å². The molecule has 164 valence electrons. The van der Waals surface area contributed by atoms with Crippen molar-refractivity contribution in [1.82, 2.24) is 10.2 Å². The maximum atomic E-state index is 13.3. The van der Waals surface area contributed by atoms with E-state index < -0.39 is 15.9 Å². The molecule has 0 unspecified atom stereocenters. The summed E-state index contributed by atoms with van der Waals surface area (Å²) in [5.74, 6) is 0.922. The largest absolute Gasteiger partial charge is 0.299 e. The SMILES string of the molecule is CC(C)CSc1nnc(NC(=O)CN(c2ccc(I)cc2)S(=O)(=O)c2ccccc2)s1. The predicted octanol–water partition coefficient (Wildman–Crippen LogP) is 4.72. The molecule has 0 fully saturated rings. The average Bonchev–Trinajstić information content (AvgIpc) is 3.19. The highest BCUT2D eigenvalue weighted by Gasteiger charge is 2.27. The summed E-state index contributed by atoms with van der Waals surface area (Å²) in [6.45, 7) is 3.85. The number of hydrogen-bond acceptors (Lipinski definition) is 7. The van der Waals surface area contributed by atoms with Crippen molar-refractivity contribution in [2.75, 3.05) is 21.9 Å². The second kappa shape index (κ2) is 10.7. The number of carbonyl (C=O) groups excluding carboxylic acids is 1. The highest BCUT2D eigenvalue weighted by Crippen LogP contribution is 2.28. The molecule has 31 heavy (non-hydrogen) atoms. The van der Waals surface area contributed by atoms with Gasteiger partial charge in [-0.2, -0.15) is 0 Å².